The Balaban J connectivity index is 2.56. The van der Waals surface area contributed by atoms with E-state index in [-0.39, 0.29) is 18.2 Å². The van der Waals surface area contributed by atoms with Crippen molar-refractivity contribution in [2.45, 2.75) is 18.6 Å². The number of nitrogens with two attached hydrogens (primary N) is 1. The lowest BCUT2D eigenvalue weighted by Gasteiger charge is -2.26. The summed E-state index contributed by atoms with van der Waals surface area (Å²) in [5, 5.41) is 11.9. The minimum Gasteiger partial charge on any atom is -0.394 e. The summed E-state index contributed by atoms with van der Waals surface area (Å²) in [6.07, 6.45) is -0.155. The first-order valence-electron chi connectivity index (χ1n) is 3.40. The zero-order valence-corrected chi connectivity index (χ0v) is 6.13. The molecule has 1 rings (SSSR count). The second-order valence-electron chi connectivity index (χ2n) is 2.78. The number of hydrogen-bond acceptors (Lipinski definition) is 4. The Bertz CT molecular complexity index is 120. The van der Waals surface area contributed by atoms with Gasteiger partial charge in [0, 0.05) is 6.54 Å². The first-order valence-corrected chi connectivity index (χ1v) is 3.40. The van der Waals surface area contributed by atoms with E-state index in [2.05, 4.69) is 5.32 Å². The summed E-state index contributed by atoms with van der Waals surface area (Å²) in [4.78, 5) is 0. The molecule has 1 saturated heterocycles. The lowest BCUT2D eigenvalue weighted by molar-refractivity contribution is 0.0357. The number of aliphatic hydroxyl groups excluding tert-OH is 1. The zero-order valence-electron chi connectivity index (χ0n) is 6.13. The van der Waals surface area contributed by atoms with E-state index in [1.165, 1.54) is 0 Å². The molecule has 4 heteroatoms. The van der Waals surface area contributed by atoms with Crippen molar-refractivity contribution in [3.8, 4) is 0 Å². The van der Waals surface area contributed by atoms with Gasteiger partial charge in [-0.2, -0.15) is 0 Å². The van der Waals surface area contributed by atoms with E-state index in [1.54, 1.807) is 0 Å². The molecule has 4 nitrogen and oxygen atoms in total. The summed E-state index contributed by atoms with van der Waals surface area (Å²) in [5.74, 6) is 0. The fourth-order valence-electron chi connectivity index (χ4n) is 1.06. The second kappa shape index (κ2) is 2.84. The van der Waals surface area contributed by atoms with E-state index < -0.39 is 0 Å². The molecule has 10 heavy (non-hydrogen) atoms. The normalized spacial score (nSPS) is 40.5. The molecule has 0 aromatic rings. The van der Waals surface area contributed by atoms with Gasteiger partial charge >= 0.3 is 0 Å². The molecule has 0 amide bonds. The van der Waals surface area contributed by atoms with Gasteiger partial charge in [-0.1, -0.05) is 0 Å². The Morgan fingerprint density at radius 2 is 2.60 bits per heavy atom. The predicted octanol–water partition coefficient (Wildman–Crippen LogP) is -1.36. The van der Waals surface area contributed by atoms with Crippen LogP contribution in [0.25, 0.3) is 0 Å². The molecule has 60 valence electrons. The van der Waals surface area contributed by atoms with Crippen molar-refractivity contribution >= 4 is 0 Å². The molecule has 1 aliphatic rings. The Morgan fingerprint density at radius 1 is 1.90 bits per heavy atom. The van der Waals surface area contributed by atoms with Crippen LogP contribution in [0.5, 0.6) is 0 Å². The van der Waals surface area contributed by atoms with Crippen molar-refractivity contribution in [1.29, 1.82) is 0 Å². The average molecular weight is 146 g/mol. The van der Waals surface area contributed by atoms with Gasteiger partial charge in [-0.15, -0.1) is 0 Å². The van der Waals surface area contributed by atoms with Crippen LogP contribution in [0.15, 0.2) is 0 Å². The molecule has 0 radical (unpaired) electrons. The number of hydrogen-bond donors (Lipinski definition) is 3. The van der Waals surface area contributed by atoms with Crippen LogP contribution in [0.3, 0.4) is 0 Å². The van der Waals surface area contributed by atoms with E-state index in [0.29, 0.717) is 13.3 Å². The maximum atomic E-state index is 8.81. The smallest absolute Gasteiger partial charge is 0.101 e. The van der Waals surface area contributed by atoms with Gasteiger partial charge in [-0.05, 0) is 6.92 Å². The molecule has 0 aromatic carbocycles. The SMILES string of the molecule is CC1(CN)NCOC1CO. The molecule has 0 saturated carbocycles. The summed E-state index contributed by atoms with van der Waals surface area (Å²) in [5.41, 5.74) is 5.24. The molecule has 1 fully saturated rings. The van der Waals surface area contributed by atoms with E-state index in [0.717, 1.165) is 0 Å². The van der Waals surface area contributed by atoms with Gasteiger partial charge in [0.15, 0.2) is 0 Å². The van der Waals surface area contributed by atoms with Crippen molar-refractivity contribution < 1.29 is 9.84 Å². The van der Waals surface area contributed by atoms with Crippen LogP contribution in [0, 0.1) is 0 Å². The quantitative estimate of drug-likeness (QED) is 0.450. The van der Waals surface area contributed by atoms with E-state index in [4.69, 9.17) is 15.6 Å². The highest BCUT2D eigenvalue weighted by atomic mass is 16.5. The minimum atomic E-state index is -0.241. The van der Waals surface area contributed by atoms with Crippen LogP contribution in [0.1, 0.15) is 6.92 Å². The molecule has 2 atom stereocenters. The lowest BCUT2D eigenvalue weighted by atomic mass is 9.97. The number of rotatable bonds is 2. The Labute approximate surface area is 60.4 Å². The summed E-state index contributed by atoms with van der Waals surface area (Å²) >= 11 is 0. The molecule has 0 aliphatic carbocycles. The Hall–Kier alpha value is -0.160. The summed E-state index contributed by atoms with van der Waals surface area (Å²) < 4.78 is 5.17. The molecular formula is C6H14N2O2. The van der Waals surface area contributed by atoms with Crippen molar-refractivity contribution in [2.24, 2.45) is 5.73 Å². The van der Waals surface area contributed by atoms with Crippen LogP contribution in [0.4, 0.5) is 0 Å². The van der Waals surface area contributed by atoms with E-state index in [9.17, 15) is 0 Å². The van der Waals surface area contributed by atoms with Crippen molar-refractivity contribution in [3.63, 3.8) is 0 Å². The van der Waals surface area contributed by atoms with E-state index >= 15 is 0 Å². The topological polar surface area (TPSA) is 67.5 Å². The molecule has 0 aromatic heterocycles. The van der Waals surface area contributed by atoms with Crippen LogP contribution in [-0.4, -0.2) is 36.6 Å². The second-order valence-corrected chi connectivity index (χ2v) is 2.78. The molecule has 2 unspecified atom stereocenters. The molecule has 1 heterocycles. The Kier molecular flexibility index (Phi) is 2.25. The van der Waals surface area contributed by atoms with E-state index in [1.807, 2.05) is 6.92 Å². The van der Waals surface area contributed by atoms with Crippen LogP contribution in [-0.2, 0) is 4.74 Å². The lowest BCUT2D eigenvalue weighted by Crippen LogP contribution is -2.52. The van der Waals surface area contributed by atoms with Gasteiger partial charge in [0.1, 0.15) is 6.10 Å². The average Bonchev–Trinajstić information content (AvgIpc) is 2.32. The fourth-order valence-corrected chi connectivity index (χ4v) is 1.06. The third-order valence-electron chi connectivity index (χ3n) is 2.06. The number of nitrogens with one attached hydrogen (secondary N) is 1. The molecule has 1 aliphatic heterocycles. The van der Waals surface area contributed by atoms with Crippen molar-refractivity contribution in [1.82, 2.24) is 5.32 Å². The first-order chi connectivity index (χ1) is 4.73. The van der Waals surface area contributed by atoms with Gasteiger partial charge in [-0.3, -0.25) is 5.32 Å². The van der Waals surface area contributed by atoms with Gasteiger partial charge in [0.2, 0.25) is 0 Å². The van der Waals surface area contributed by atoms with Gasteiger partial charge < -0.3 is 15.6 Å². The van der Waals surface area contributed by atoms with Crippen molar-refractivity contribution in [3.05, 3.63) is 0 Å². The molecular weight excluding hydrogens is 132 g/mol. The molecule has 4 N–H and O–H groups in total. The predicted molar refractivity (Wildman–Crippen MR) is 37.4 cm³/mol. The third kappa shape index (κ3) is 1.15. The van der Waals surface area contributed by atoms with Crippen LogP contribution >= 0.6 is 0 Å². The fraction of sp³-hybridized carbons (Fsp3) is 1.00. The number of ether oxygens (including phenoxy) is 1. The maximum Gasteiger partial charge on any atom is 0.101 e. The standard InChI is InChI=1S/C6H14N2O2/c1-6(3-7)5(2-9)10-4-8-6/h5,8-9H,2-4,7H2,1H3. The monoisotopic (exact) mass is 146 g/mol. The summed E-state index contributed by atoms with van der Waals surface area (Å²) in [6, 6.07) is 0. The molecule has 0 spiro atoms. The maximum absolute atomic E-state index is 8.81. The van der Waals surface area contributed by atoms with Gasteiger partial charge in [0.05, 0.1) is 18.9 Å². The highest BCUT2D eigenvalue weighted by Crippen LogP contribution is 2.16. The van der Waals surface area contributed by atoms with Gasteiger partial charge in [0.25, 0.3) is 0 Å². The first kappa shape index (κ1) is 7.94. The largest absolute Gasteiger partial charge is 0.394 e. The summed E-state index contributed by atoms with van der Waals surface area (Å²) in [6.45, 7) is 2.94. The molecule has 0 bridgehead atoms. The van der Waals surface area contributed by atoms with Crippen LogP contribution in [0.2, 0.25) is 0 Å². The highest BCUT2D eigenvalue weighted by Gasteiger charge is 2.37. The minimum absolute atomic E-state index is 0.0285. The highest BCUT2D eigenvalue weighted by molar-refractivity contribution is 4.95. The summed E-state index contributed by atoms with van der Waals surface area (Å²) in [7, 11) is 0. The Morgan fingerprint density at radius 3 is 3.00 bits per heavy atom. The van der Waals surface area contributed by atoms with Crippen molar-refractivity contribution in [2.75, 3.05) is 19.9 Å². The third-order valence-corrected chi connectivity index (χ3v) is 2.06. The number of aliphatic hydroxyl groups is 1. The van der Waals surface area contributed by atoms with Crippen LogP contribution < -0.4 is 11.1 Å². The van der Waals surface area contributed by atoms with Gasteiger partial charge in [-0.25, -0.2) is 0 Å². The zero-order chi connectivity index (χ0) is 7.61.